The third-order valence-corrected chi connectivity index (χ3v) is 3.02. The first-order chi connectivity index (χ1) is 9.10. The summed E-state index contributed by atoms with van der Waals surface area (Å²) in [6.45, 7) is 6.05. The van der Waals surface area contributed by atoms with Crippen LogP contribution in [0, 0.1) is 0 Å². The van der Waals surface area contributed by atoms with Crippen molar-refractivity contribution in [2.45, 2.75) is 32.5 Å². The molecule has 0 aliphatic carbocycles. The van der Waals surface area contributed by atoms with Crippen LogP contribution in [-0.4, -0.2) is 9.36 Å². The second kappa shape index (κ2) is 4.54. The van der Waals surface area contributed by atoms with Crippen LogP contribution in [0.2, 0.25) is 0 Å². The molecule has 1 aromatic heterocycles. The second-order valence-corrected chi connectivity index (χ2v) is 5.58. The molecule has 0 amide bonds. The van der Waals surface area contributed by atoms with Crippen molar-refractivity contribution in [3.05, 3.63) is 52.4 Å². The molecule has 2 rings (SSSR count). The molecule has 2 aromatic rings. The normalized spacial score (nSPS) is 12.7. The Morgan fingerprint density at radius 1 is 0.950 bits per heavy atom. The fourth-order valence-corrected chi connectivity index (χ4v) is 1.94. The summed E-state index contributed by atoms with van der Waals surface area (Å²) in [5.74, 6) is 0. The Morgan fingerprint density at radius 2 is 1.50 bits per heavy atom. The smallest absolute Gasteiger partial charge is 0.268 e. The summed E-state index contributed by atoms with van der Waals surface area (Å²) in [7, 11) is 0. The van der Waals surface area contributed by atoms with Gasteiger partial charge in [-0.25, -0.2) is 0 Å². The highest BCUT2D eigenvalue weighted by atomic mass is 19.4. The van der Waals surface area contributed by atoms with Crippen molar-refractivity contribution in [1.29, 1.82) is 0 Å². The largest absolute Gasteiger partial charge is 0.506 e. The van der Waals surface area contributed by atoms with E-state index in [-0.39, 0.29) is 15.8 Å². The fourth-order valence-electron chi connectivity index (χ4n) is 1.94. The summed E-state index contributed by atoms with van der Waals surface area (Å²) in [4.78, 5) is 11.3. The van der Waals surface area contributed by atoms with Crippen molar-refractivity contribution in [2.24, 2.45) is 0 Å². The Labute approximate surface area is 114 Å². The van der Waals surface area contributed by atoms with Crippen LogP contribution in [0.5, 0.6) is 0 Å². The lowest BCUT2D eigenvalue weighted by Crippen LogP contribution is -2.32. The van der Waals surface area contributed by atoms with Gasteiger partial charge in [0.2, 0.25) is 0 Å². The van der Waals surface area contributed by atoms with Gasteiger partial charge in [-0.15, -0.1) is 13.2 Å². The molecule has 1 aromatic carbocycles. The van der Waals surface area contributed by atoms with Gasteiger partial charge in [-0.3, -0.25) is 9.48 Å². The molecule has 20 heavy (non-hydrogen) atoms. The molecule has 0 N–H and O–H groups in total. The Balaban J connectivity index is 2.51. The molecule has 0 spiro atoms. The van der Waals surface area contributed by atoms with Crippen LogP contribution in [-0.2, 0) is 11.7 Å². The Bertz CT molecular complexity index is 657. The van der Waals surface area contributed by atoms with E-state index in [4.69, 9.17) is 0 Å². The van der Waals surface area contributed by atoms with E-state index in [9.17, 15) is 18.0 Å². The number of hydrogen-bond donors (Lipinski definition) is 0. The zero-order valence-corrected chi connectivity index (χ0v) is 11.4. The summed E-state index contributed by atoms with van der Waals surface area (Å²) in [6, 6.07) is 7.57. The number of hydrogen-bond acceptors (Lipinski definition) is 1. The molecule has 0 radical (unpaired) electrons. The highest BCUT2D eigenvalue weighted by molar-refractivity contribution is 5.36. The van der Waals surface area contributed by atoms with Crippen LogP contribution in [0.25, 0.3) is 5.69 Å². The van der Waals surface area contributed by atoms with Gasteiger partial charge in [-0.1, -0.05) is 32.9 Å². The molecule has 0 atom stereocenters. The molecule has 0 bridgehead atoms. The molecule has 108 valence electrons. The highest BCUT2D eigenvalue weighted by Crippen LogP contribution is 2.25. The monoisotopic (exact) mass is 284 g/mol. The molecule has 0 unspecified atom stereocenters. The van der Waals surface area contributed by atoms with Gasteiger partial charge in [-0.05, 0) is 23.1 Å². The number of aromatic nitrogens is 2. The predicted octanol–water partition coefficient (Wildman–Crippen LogP) is 3.41. The van der Waals surface area contributed by atoms with E-state index in [2.05, 4.69) is 0 Å². The molecule has 0 saturated carbocycles. The van der Waals surface area contributed by atoms with E-state index in [1.54, 1.807) is 24.3 Å². The van der Waals surface area contributed by atoms with E-state index in [1.807, 2.05) is 20.8 Å². The second-order valence-electron chi connectivity index (χ2n) is 5.58. The van der Waals surface area contributed by atoms with Gasteiger partial charge >= 0.3 is 6.30 Å². The predicted molar refractivity (Wildman–Crippen MR) is 70.0 cm³/mol. The summed E-state index contributed by atoms with van der Waals surface area (Å²) in [5.41, 5.74) is 0.114. The topological polar surface area (TPSA) is 26.9 Å². The number of benzene rings is 1. The van der Waals surface area contributed by atoms with E-state index in [0.29, 0.717) is 0 Å². The SMILES string of the molecule is CC(C)(C)c1ccc(-n2ccc(=O)n2C(F)(F)F)cc1. The van der Waals surface area contributed by atoms with E-state index < -0.39 is 11.9 Å². The van der Waals surface area contributed by atoms with Crippen molar-refractivity contribution >= 4 is 0 Å². The van der Waals surface area contributed by atoms with Gasteiger partial charge in [0.05, 0.1) is 5.69 Å². The minimum absolute atomic E-state index is 0.0844. The van der Waals surface area contributed by atoms with Gasteiger partial charge < -0.3 is 0 Å². The minimum Gasteiger partial charge on any atom is -0.268 e. The zero-order valence-electron chi connectivity index (χ0n) is 11.4. The maximum atomic E-state index is 12.8. The van der Waals surface area contributed by atoms with E-state index in [0.717, 1.165) is 22.5 Å². The van der Waals surface area contributed by atoms with E-state index in [1.165, 1.54) is 0 Å². The summed E-state index contributed by atoms with van der Waals surface area (Å²) in [5, 5.41) is 0. The first kappa shape index (κ1) is 14.4. The van der Waals surface area contributed by atoms with Gasteiger partial charge in [0.15, 0.2) is 0 Å². The van der Waals surface area contributed by atoms with Crippen molar-refractivity contribution < 1.29 is 13.2 Å². The van der Waals surface area contributed by atoms with Crippen molar-refractivity contribution in [1.82, 2.24) is 9.36 Å². The average molecular weight is 284 g/mol. The Morgan fingerprint density at radius 3 is 1.95 bits per heavy atom. The molecule has 0 fully saturated rings. The van der Waals surface area contributed by atoms with E-state index >= 15 is 0 Å². The van der Waals surface area contributed by atoms with Crippen LogP contribution >= 0.6 is 0 Å². The molecule has 0 aliphatic heterocycles. The zero-order chi connectivity index (χ0) is 15.1. The van der Waals surface area contributed by atoms with Gasteiger partial charge in [-0.2, -0.15) is 4.68 Å². The molecule has 0 aliphatic rings. The van der Waals surface area contributed by atoms with Crippen molar-refractivity contribution in [3.8, 4) is 5.69 Å². The third kappa shape index (κ3) is 2.64. The fraction of sp³-hybridized carbons (Fsp3) is 0.357. The first-order valence-corrected chi connectivity index (χ1v) is 6.09. The molecule has 3 nitrogen and oxygen atoms in total. The molecule has 1 heterocycles. The number of halogens is 3. The van der Waals surface area contributed by atoms with Crippen LogP contribution in [0.1, 0.15) is 26.3 Å². The van der Waals surface area contributed by atoms with Gasteiger partial charge in [0.25, 0.3) is 5.56 Å². The Hall–Kier alpha value is -1.98. The number of nitrogens with zero attached hydrogens (tertiary/aromatic N) is 2. The van der Waals surface area contributed by atoms with Crippen LogP contribution in [0.15, 0.2) is 41.3 Å². The quantitative estimate of drug-likeness (QED) is 0.788. The summed E-state index contributed by atoms with van der Waals surface area (Å²) < 4.78 is 39.1. The lowest BCUT2D eigenvalue weighted by molar-refractivity contribution is -0.218. The van der Waals surface area contributed by atoms with Crippen LogP contribution in [0.3, 0.4) is 0 Å². The standard InChI is InChI=1S/C14H15F3N2O/c1-13(2,3)10-4-6-11(7-5-10)18-9-8-12(20)19(18)14(15,16)17/h4-9H,1-3H3. The van der Waals surface area contributed by atoms with Gasteiger partial charge in [0.1, 0.15) is 0 Å². The number of rotatable bonds is 1. The summed E-state index contributed by atoms with van der Waals surface area (Å²) >= 11 is 0. The van der Waals surface area contributed by atoms with Gasteiger partial charge in [0, 0.05) is 12.3 Å². The molecular formula is C14H15F3N2O. The lowest BCUT2D eigenvalue weighted by atomic mass is 9.87. The highest BCUT2D eigenvalue weighted by Gasteiger charge is 2.35. The minimum atomic E-state index is -4.75. The first-order valence-electron chi connectivity index (χ1n) is 6.09. The molecule has 0 saturated heterocycles. The summed E-state index contributed by atoms with van der Waals surface area (Å²) in [6.07, 6.45) is -3.63. The molecule has 6 heteroatoms. The Kier molecular flexibility index (Phi) is 3.28. The molecular weight excluding hydrogens is 269 g/mol. The number of alkyl halides is 3. The maximum Gasteiger partial charge on any atom is 0.506 e. The average Bonchev–Trinajstić information content (AvgIpc) is 2.70. The maximum absolute atomic E-state index is 12.8. The van der Waals surface area contributed by atoms with Crippen molar-refractivity contribution in [3.63, 3.8) is 0 Å². The van der Waals surface area contributed by atoms with Crippen LogP contribution in [0.4, 0.5) is 13.2 Å². The third-order valence-electron chi connectivity index (χ3n) is 3.02. The van der Waals surface area contributed by atoms with Crippen LogP contribution < -0.4 is 5.56 Å². The lowest BCUT2D eigenvalue weighted by Gasteiger charge is -2.20. The van der Waals surface area contributed by atoms with Crippen molar-refractivity contribution in [2.75, 3.05) is 0 Å².